The van der Waals surface area contributed by atoms with Crippen LogP contribution in [0.1, 0.15) is 18.4 Å². The van der Waals surface area contributed by atoms with Gasteiger partial charge in [0.2, 0.25) is 5.91 Å². The smallest absolute Gasteiger partial charge is 0.262 e. The molecule has 6 nitrogen and oxygen atoms in total. The highest BCUT2D eigenvalue weighted by molar-refractivity contribution is 7.99. The van der Waals surface area contributed by atoms with Crippen LogP contribution >= 0.6 is 11.8 Å². The fourth-order valence-corrected chi connectivity index (χ4v) is 4.58. The molecule has 1 aliphatic heterocycles. The average molecular weight is 410 g/mol. The number of hydrogen-bond acceptors (Lipinski definition) is 5. The molecule has 150 valence electrons. The number of hydrogen-bond donors (Lipinski definition) is 1. The van der Waals surface area contributed by atoms with Crippen molar-refractivity contribution in [1.82, 2.24) is 9.55 Å². The monoisotopic (exact) mass is 409 g/mol. The van der Waals surface area contributed by atoms with Crippen LogP contribution in [0.25, 0.3) is 10.9 Å². The van der Waals surface area contributed by atoms with Gasteiger partial charge < -0.3 is 10.0 Å². The first kappa shape index (κ1) is 19.7. The Balaban J connectivity index is 1.59. The highest BCUT2D eigenvalue weighted by Gasteiger charge is 2.23. The van der Waals surface area contributed by atoms with Gasteiger partial charge in [-0.3, -0.25) is 14.2 Å². The minimum atomic E-state index is -0.137. The summed E-state index contributed by atoms with van der Waals surface area (Å²) < 4.78 is 1.57. The van der Waals surface area contributed by atoms with E-state index >= 15 is 0 Å². The number of rotatable bonds is 6. The van der Waals surface area contributed by atoms with Crippen molar-refractivity contribution < 1.29 is 9.90 Å². The van der Waals surface area contributed by atoms with E-state index in [-0.39, 0.29) is 23.8 Å². The summed E-state index contributed by atoms with van der Waals surface area (Å²) in [6.07, 6.45) is 2.39. The Labute approximate surface area is 173 Å². The molecule has 0 bridgehead atoms. The van der Waals surface area contributed by atoms with Crippen LogP contribution in [0.15, 0.2) is 58.5 Å². The van der Waals surface area contributed by atoms with Crippen LogP contribution in [0.4, 0.5) is 5.69 Å². The second-order valence-corrected chi connectivity index (χ2v) is 7.95. The van der Waals surface area contributed by atoms with E-state index in [1.165, 1.54) is 17.3 Å². The number of aryl methyl sites for hydroxylation is 1. The summed E-state index contributed by atoms with van der Waals surface area (Å²) in [5.74, 6) is 0.219. The molecule has 2 aromatic carbocycles. The summed E-state index contributed by atoms with van der Waals surface area (Å²) in [7, 11) is 0. The minimum Gasteiger partial charge on any atom is -0.396 e. The number of anilines is 1. The molecule has 7 heteroatoms. The largest absolute Gasteiger partial charge is 0.396 e. The number of benzene rings is 2. The fourth-order valence-electron chi connectivity index (χ4n) is 3.68. The summed E-state index contributed by atoms with van der Waals surface area (Å²) in [6, 6.07) is 15.2. The molecule has 1 N–H and O–H groups in total. The first-order valence-corrected chi connectivity index (χ1v) is 10.8. The molecule has 3 aromatic rings. The van der Waals surface area contributed by atoms with Gasteiger partial charge in [0.1, 0.15) is 0 Å². The molecule has 1 aromatic heterocycles. The lowest BCUT2D eigenvalue weighted by molar-refractivity contribution is -0.116. The minimum absolute atomic E-state index is 0.00708. The lowest BCUT2D eigenvalue weighted by Gasteiger charge is -2.29. The van der Waals surface area contributed by atoms with Gasteiger partial charge in [0.15, 0.2) is 5.16 Å². The van der Waals surface area contributed by atoms with Crippen molar-refractivity contribution in [1.29, 1.82) is 0 Å². The van der Waals surface area contributed by atoms with Crippen molar-refractivity contribution in [2.24, 2.45) is 0 Å². The molecule has 0 unspecified atom stereocenters. The van der Waals surface area contributed by atoms with Gasteiger partial charge in [-0.25, -0.2) is 4.98 Å². The second-order valence-electron chi connectivity index (χ2n) is 7.01. The first-order chi connectivity index (χ1) is 14.2. The maximum Gasteiger partial charge on any atom is 0.262 e. The highest BCUT2D eigenvalue weighted by atomic mass is 32.2. The second kappa shape index (κ2) is 8.80. The SMILES string of the molecule is O=C(CSc1nc2ccccc2c(=O)n1CCCO)N1CCCc2ccccc21. The molecular formula is C22H23N3O3S. The number of thioether (sulfide) groups is 1. The molecule has 1 amide bonds. The maximum atomic E-state index is 13.0. The zero-order chi connectivity index (χ0) is 20.2. The summed E-state index contributed by atoms with van der Waals surface area (Å²) in [6.45, 7) is 1.07. The molecule has 0 saturated carbocycles. The standard InChI is InChI=1S/C22H23N3O3S/c26-14-6-13-25-21(28)17-9-2-3-10-18(17)23-22(25)29-15-20(27)24-12-5-8-16-7-1-4-11-19(16)24/h1-4,7,9-11,26H,5-6,8,12-15H2. The molecule has 0 fully saturated rings. The van der Waals surface area contributed by atoms with Crippen LogP contribution in [-0.4, -0.2) is 39.5 Å². The number of aliphatic hydroxyl groups excluding tert-OH is 1. The van der Waals surface area contributed by atoms with Crippen molar-refractivity contribution in [2.75, 3.05) is 23.8 Å². The van der Waals surface area contributed by atoms with Gasteiger partial charge in [-0.05, 0) is 43.0 Å². The number of nitrogens with zero attached hydrogens (tertiary/aromatic N) is 3. The summed E-state index contributed by atoms with van der Waals surface area (Å²) >= 11 is 1.28. The van der Waals surface area contributed by atoms with Crippen LogP contribution in [0.5, 0.6) is 0 Å². The number of carbonyl (C=O) groups is 1. The summed E-state index contributed by atoms with van der Waals surface area (Å²) in [5, 5.41) is 10.3. The first-order valence-electron chi connectivity index (χ1n) is 9.80. The van der Waals surface area contributed by atoms with E-state index < -0.39 is 0 Å². The van der Waals surface area contributed by atoms with Crippen LogP contribution in [0.2, 0.25) is 0 Å². The van der Waals surface area contributed by atoms with Gasteiger partial charge in [0.25, 0.3) is 5.56 Å². The molecule has 0 aliphatic carbocycles. The third-order valence-electron chi connectivity index (χ3n) is 5.10. The van der Waals surface area contributed by atoms with Gasteiger partial charge in [0.05, 0.1) is 16.7 Å². The summed E-state index contributed by atoms with van der Waals surface area (Å²) in [4.78, 5) is 32.3. The molecule has 29 heavy (non-hydrogen) atoms. The van der Waals surface area contributed by atoms with Crippen LogP contribution in [0, 0.1) is 0 Å². The Kier molecular flexibility index (Phi) is 5.97. The van der Waals surface area contributed by atoms with E-state index in [9.17, 15) is 14.7 Å². The van der Waals surface area contributed by atoms with Gasteiger partial charge >= 0.3 is 0 Å². The van der Waals surface area contributed by atoms with E-state index in [4.69, 9.17) is 0 Å². The topological polar surface area (TPSA) is 75.4 Å². The third-order valence-corrected chi connectivity index (χ3v) is 6.06. The number of para-hydroxylation sites is 2. The Hall–Kier alpha value is -2.64. The number of carbonyl (C=O) groups excluding carboxylic acids is 1. The molecule has 4 rings (SSSR count). The molecule has 1 aliphatic rings. The molecule has 0 radical (unpaired) electrons. The van der Waals surface area contributed by atoms with Crippen LogP contribution < -0.4 is 10.5 Å². The lowest BCUT2D eigenvalue weighted by Crippen LogP contribution is -2.36. The predicted molar refractivity (Wildman–Crippen MR) is 116 cm³/mol. The van der Waals surface area contributed by atoms with E-state index in [0.29, 0.717) is 35.6 Å². The summed E-state index contributed by atoms with van der Waals surface area (Å²) in [5.41, 5.74) is 2.66. The van der Waals surface area contributed by atoms with Gasteiger partial charge in [0, 0.05) is 25.4 Å². The van der Waals surface area contributed by atoms with Crippen LogP contribution in [-0.2, 0) is 17.8 Å². The average Bonchev–Trinajstić information content (AvgIpc) is 2.76. The molecular weight excluding hydrogens is 386 g/mol. The van der Waals surface area contributed by atoms with Crippen LogP contribution in [0.3, 0.4) is 0 Å². The Morgan fingerprint density at radius 2 is 1.93 bits per heavy atom. The quantitative estimate of drug-likeness (QED) is 0.501. The molecule has 2 heterocycles. The highest BCUT2D eigenvalue weighted by Crippen LogP contribution is 2.28. The van der Waals surface area contributed by atoms with E-state index in [1.54, 1.807) is 16.7 Å². The number of aliphatic hydroxyl groups is 1. The lowest BCUT2D eigenvalue weighted by atomic mass is 10.0. The fraction of sp³-hybridized carbons (Fsp3) is 0.318. The Bertz CT molecular complexity index is 1100. The van der Waals surface area contributed by atoms with Gasteiger partial charge in [-0.1, -0.05) is 42.1 Å². The Morgan fingerprint density at radius 3 is 2.79 bits per heavy atom. The van der Waals surface area contributed by atoms with Crippen molar-refractivity contribution in [3.8, 4) is 0 Å². The number of aromatic nitrogens is 2. The van der Waals surface area contributed by atoms with Gasteiger partial charge in [-0.15, -0.1) is 0 Å². The van der Waals surface area contributed by atoms with Crippen molar-refractivity contribution in [2.45, 2.75) is 31.0 Å². The number of fused-ring (bicyclic) bond motifs is 2. The van der Waals surface area contributed by atoms with E-state index in [1.807, 2.05) is 35.2 Å². The zero-order valence-electron chi connectivity index (χ0n) is 16.1. The Morgan fingerprint density at radius 1 is 1.14 bits per heavy atom. The maximum absolute atomic E-state index is 13.0. The van der Waals surface area contributed by atoms with Gasteiger partial charge in [-0.2, -0.15) is 0 Å². The molecule has 0 saturated heterocycles. The predicted octanol–water partition coefficient (Wildman–Crippen LogP) is 2.85. The van der Waals surface area contributed by atoms with Crippen molar-refractivity contribution >= 4 is 34.3 Å². The molecule has 0 atom stereocenters. The molecule has 0 spiro atoms. The normalized spacial score (nSPS) is 13.5. The number of amides is 1. The van der Waals surface area contributed by atoms with Crippen molar-refractivity contribution in [3.63, 3.8) is 0 Å². The van der Waals surface area contributed by atoms with E-state index in [2.05, 4.69) is 11.1 Å². The van der Waals surface area contributed by atoms with E-state index in [0.717, 1.165) is 18.5 Å². The third kappa shape index (κ3) is 4.06. The zero-order valence-corrected chi connectivity index (χ0v) is 16.9. The van der Waals surface area contributed by atoms with Crippen molar-refractivity contribution in [3.05, 3.63) is 64.4 Å².